The highest BCUT2D eigenvalue weighted by molar-refractivity contribution is 7.88. The number of fused-ring (bicyclic) bond motifs is 1. The number of piperidine rings is 1. The number of carbonyl (C=O) groups excluding carboxylic acids is 1. The molecule has 0 bridgehead atoms. The summed E-state index contributed by atoms with van der Waals surface area (Å²) in [5.74, 6) is 1.43. The molecule has 0 radical (unpaired) electrons. The molecule has 2 saturated heterocycles. The van der Waals surface area contributed by atoms with E-state index in [-0.39, 0.29) is 18.0 Å². The first kappa shape index (κ1) is 15.2. The molecule has 3 rings (SSSR count). The molecule has 2 aliphatic heterocycles. The SMILES string of the molecule is CS(=O)(=O)NC1CCN(C(=O)C2NCC3CCCC32)CC1. The Balaban J connectivity index is 1.53. The van der Waals surface area contributed by atoms with Crippen LogP contribution in [0.2, 0.25) is 0 Å². The Kier molecular flexibility index (Phi) is 4.25. The fraction of sp³-hybridized carbons (Fsp3) is 0.929. The van der Waals surface area contributed by atoms with Crippen LogP contribution in [0.1, 0.15) is 32.1 Å². The summed E-state index contributed by atoms with van der Waals surface area (Å²) in [6, 6.07) is -0.0308. The maximum absolute atomic E-state index is 12.7. The molecule has 0 aromatic heterocycles. The van der Waals surface area contributed by atoms with Crippen molar-refractivity contribution in [3.63, 3.8) is 0 Å². The number of nitrogens with one attached hydrogen (secondary N) is 2. The van der Waals surface area contributed by atoms with Crippen molar-refractivity contribution in [1.29, 1.82) is 0 Å². The van der Waals surface area contributed by atoms with Crippen molar-refractivity contribution >= 4 is 15.9 Å². The van der Waals surface area contributed by atoms with E-state index in [0.717, 1.165) is 6.54 Å². The van der Waals surface area contributed by atoms with Gasteiger partial charge in [-0.3, -0.25) is 4.79 Å². The average molecular weight is 315 g/mol. The van der Waals surface area contributed by atoms with Crippen LogP contribution in [0, 0.1) is 11.8 Å². The molecule has 1 aliphatic carbocycles. The van der Waals surface area contributed by atoms with Gasteiger partial charge in [-0.25, -0.2) is 13.1 Å². The smallest absolute Gasteiger partial charge is 0.240 e. The zero-order valence-corrected chi connectivity index (χ0v) is 13.4. The van der Waals surface area contributed by atoms with Gasteiger partial charge < -0.3 is 10.2 Å². The minimum atomic E-state index is -3.15. The largest absolute Gasteiger partial charge is 0.341 e. The highest BCUT2D eigenvalue weighted by Gasteiger charge is 2.44. The van der Waals surface area contributed by atoms with E-state index in [9.17, 15) is 13.2 Å². The van der Waals surface area contributed by atoms with Crippen LogP contribution in [0.3, 0.4) is 0 Å². The molecule has 0 aromatic rings. The zero-order valence-electron chi connectivity index (χ0n) is 12.5. The molecule has 3 unspecified atom stereocenters. The third-order valence-corrected chi connectivity index (χ3v) is 5.96. The lowest BCUT2D eigenvalue weighted by molar-refractivity contribution is -0.135. The minimum absolute atomic E-state index is 0.00285. The monoisotopic (exact) mass is 315 g/mol. The Morgan fingerprint density at radius 1 is 1.19 bits per heavy atom. The van der Waals surface area contributed by atoms with E-state index in [1.165, 1.54) is 25.5 Å². The van der Waals surface area contributed by atoms with Crippen LogP contribution in [-0.2, 0) is 14.8 Å². The quantitative estimate of drug-likeness (QED) is 0.763. The van der Waals surface area contributed by atoms with Crippen LogP contribution in [0.15, 0.2) is 0 Å². The van der Waals surface area contributed by atoms with Gasteiger partial charge in [0, 0.05) is 19.1 Å². The van der Waals surface area contributed by atoms with E-state index in [2.05, 4.69) is 10.0 Å². The summed E-state index contributed by atoms with van der Waals surface area (Å²) in [6.45, 7) is 2.29. The number of hydrogen-bond acceptors (Lipinski definition) is 4. The first-order valence-corrected chi connectivity index (χ1v) is 9.82. The molecule has 2 N–H and O–H groups in total. The lowest BCUT2D eigenvalue weighted by Gasteiger charge is -2.34. The summed E-state index contributed by atoms with van der Waals surface area (Å²) < 4.78 is 25.1. The summed E-state index contributed by atoms with van der Waals surface area (Å²) in [5.41, 5.74) is 0. The van der Waals surface area contributed by atoms with E-state index in [4.69, 9.17) is 0 Å². The molecule has 120 valence electrons. The number of nitrogens with zero attached hydrogens (tertiary/aromatic N) is 1. The van der Waals surface area contributed by atoms with Gasteiger partial charge in [0.25, 0.3) is 0 Å². The van der Waals surface area contributed by atoms with Gasteiger partial charge in [0.1, 0.15) is 0 Å². The molecule has 3 aliphatic rings. The highest BCUT2D eigenvalue weighted by atomic mass is 32.2. The second kappa shape index (κ2) is 5.85. The van der Waals surface area contributed by atoms with E-state index < -0.39 is 10.0 Å². The number of hydrogen-bond donors (Lipinski definition) is 2. The summed E-state index contributed by atoms with van der Waals surface area (Å²) in [4.78, 5) is 14.6. The number of sulfonamides is 1. The zero-order chi connectivity index (χ0) is 15.0. The molecule has 6 nitrogen and oxygen atoms in total. The van der Waals surface area contributed by atoms with E-state index in [0.29, 0.717) is 37.8 Å². The number of carbonyl (C=O) groups is 1. The maximum atomic E-state index is 12.7. The van der Waals surface area contributed by atoms with Crippen molar-refractivity contribution in [3.8, 4) is 0 Å². The molecular formula is C14H25N3O3S. The predicted molar refractivity (Wildman–Crippen MR) is 80.2 cm³/mol. The molecule has 2 heterocycles. The number of amides is 1. The molecule has 21 heavy (non-hydrogen) atoms. The number of likely N-dealkylation sites (tertiary alicyclic amines) is 1. The topological polar surface area (TPSA) is 78.5 Å². The third-order valence-electron chi connectivity index (χ3n) is 5.20. The van der Waals surface area contributed by atoms with Gasteiger partial charge >= 0.3 is 0 Å². The molecule has 3 fully saturated rings. The maximum Gasteiger partial charge on any atom is 0.240 e. The fourth-order valence-electron chi connectivity index (χ4n) is 4.18. The molecular weight excluding hydrogens is 290 g/mol. The van der Waals surface area contributed by atoms with E-state index in [1.54, 1.807) is 0 Å². The molecule has 1 amide bonds. The Hall–Kier alpha value is -0.660. The summed E-state index contributed by atoms with van der Waals surface area (Å²) in [6.07, 6.45) is 6.27. The average Bonchev–Trinajstić information content (AvgIpc) is 2.99. The minimum Gasteiger partial charge on any atom is -0.341 e. The van der Waals surface area contributed by atoms with Gasteiger partial charge in [0.2, 0.25) is 15.9 Å². The molecule has 3 atom stereocenters. The summed E-state index contributed by atoms with van der Waals surface area (Å²) >= 11 is 0. The molecule has 0 aromatic carbocycles. The van der Waals surface area contributed by atoms with Crippen LogP contribution < -0.4 is 10.0 Å². The van der Waals surface area contributed by atoms with Gasteiger partial charge in [-0.15, -0.1) is 0 Å². The second-order valence-corrected chi connectivity index (χ2v) is 8.51. The third kappa shape index (κ3) is 3.40. The van der Waals surface area contributed by atoms with Crippen molar-refractivity contribution in [3.05, 3.63) is 0 Å². The Morgan fingerprint density at radius 3 is 2.57 bits per heavy atom. The van der Waals surface area contributed by atoms with Crippen molar-refractivity contribution < 1.29 is 13.2 Å². The second-order valence-electron chi connectivity index (χ2n) is 6.73. The number of rotatable bonds is 3. The van der Waals surface area contributed by atoms with Gasteiger partial charge in [-0.2, -0.15) is 0 Å². The first-order valence-electron chi connectivity index (χ1n) is 7.93. The van der Waals surface area contributed by atoms with Crippen molar-refractivity contribution in [1.82, 2.24) is 14.9 Å². The molecule has 1 saturated carbocycles. The van der Waals surface area contributed by atoms with Gasteiger partial charge in [0.05, 0.1) is 12.3 Å². The van der Waals surface area contributed by atoms with Gasteiger partial charge in [0.15, 0.2) is 0 Å². The highest BCUT2D eigenvalue weighted by Crippen LogP contribution is 2.38. The van der Waals surface area contributed by atoms with Crippen molar-refractivity contribution in [2.24, 2.45) is 11.8 Å². The normalized spacial score (nSPS) is 34.1. The summed E-state index contributed by atoms with van der Waals surface area (Å²) in [5, 5.41) is 3.40. The standard InChI is InChI=1S/C14H25N3O3S/c1-21(19,20)16-11-5-7-17(8-6-11)14(18)13-12-4-2-3-10(12)9-15-13/h10-13,15-16H,2-9H2,1H3. The predicted octanol–water partition coefficient (Wildman–Crippen LogP) is -0.0853. The fourth-order valence-corrected chi connectivity index (χ4v) is 5.02. The van der Waals surface area contributed by atoms with Gasteiger partial charge in [-0.1, -0.05) is 6.42 Å². The summed E-state index contributed by atoms with van der Waals surface area (Å²) in [7, 11) is -3.15. The lowest BCUT2D eigenvalue weighted by Crippen LogP contribution is -2.52. The first-order chi connectivity index (χ1) is 9.94. The Labute approximate surface area is 126 Å². The Bertz CT molecular complexity index is 500. The van der Waals surface area contributed by atoms with Crippen molar-refractivity contribution in [2.45, 2.75) is 44.2 Å². The van der Waals surface area contributed by atoms with E-state index >= 15 is 0 Å². The lowest BCUT2D eigenvalue weighted by atomic mass is 9.92. The molecule has 7 heteroatoms. The Morgan fingerprint density at radius 2 is 1.90 bits per heavy atom. The van der Waals surface area contributed by atoms with Crippen LogP contribution in [0.4, 0.5) is 0 Å². The van der Waals surface area contributed by atoms with Crippen LogP contribution >= 0.6 is 0 Å². The molecule has 0 spiro atoms. The van der Waals surface area contributed by atoms with Crippen LogP contribution in [0.25, 0.3) is 0 Å². The van der Waals surface area contributed by atoms with Crippen molar-refractivity contribution in [2.75, 3.05) is 25.9 Å². The van der Waals surface area contributed by atoms with E-state index in [1.807, 2.05) is 4.90 Å². The van der Waals surface area contributed by atoms with Crippen LogP contribution in [-0.4, -0.2) is 57.2 Å². The van der Waals surface area contributed by atoms with Gasteiger partial charge in [-0.05, 0) is 44.1 Å². The van der Waals surface area contributed by atoms with Crippen LogP contribution in [0.5, 0.6) is 0 Å².